The predicted molar refractivity (Wildman–Crippen MR) is 107 cm³/mol. The number of rotatable bonds is 3. The van der Waals surface area contributed by atoms with Crippen molar-refractivity contribution >= 4 is 17.3 Å². The van der Waals surface area contributed by atoms with Gasteiger partial charge in [-0.2, -0.15) is 0 Å². The Labute approximate surface area is 159 Å². The summed E-state index contributed by atoms with van der Waals surface area (Å²) in [6.07, 6.45) is 4.15. The van der Waals surface area contributed by atoms with Crippen LogP contribution in [0.3, 0.4) is 0 Å². The van der Waals surface area contributed by atoms with E-state index in [2.05, 4.69) is 44.0 Å². The molecule has 0 unspecified atom stereocenters. The number of aryl methyl sites for hydroxylation is 1. The molecule has 0 bridgehead atoms. The largest absolute Gasteiger partial charge is 0.478 e. The first-order valence-corrected chi connectivity index (χ1v) is 10.3. The van der Waals surface area contributed by atoms with Crippen LogP contribution in [0.15, 0.2) is 24.3 Å². The summed E-state index contributed by atoms with van der Waals surface area (Å²) >= 11 is 1.72. The molecule has 1 aromatic carbocycles. The number of likely N-dealkylation sites (N-methyl/N-ethyl adjacent to an activating group) is 1. The molecule has 1 fully saturated rings. The zero-order chi connectivity index (χ0) is 18.5. The zero-order valence-electron chi connectivity index (χ0n) is 15.8. The molecule has 138 valence electrons. The van der Waals surface area contributed by atoms with Gasteiger partial charge < -0.3 is 10.0 Å². The van der Waals surface area contributed by atoms with Crippen LogP contribution in [0.2, 0.25) is 0 Å². The van der Waals surface area contributed by atoms with Crippen molar-refractivity contribution in [3.05, 3.63) is 45.8 Å². The standard InChI is InChI=1S/C22H27NO2S/c1-22(2)10-8-18-17(12-22)19(21(24)25)20(26-18)16-7-5-4-6-15(16)14-9-11-23(3)13-14/h4-7,14H,8-13H2,1-3H3,(H,24,25)/t14-/m1/s1. The lowest BCUT2D eigenvalue weighted by Gasteiger charge is -2.29. The van der Waals surface area contributed by atoms with Gasteiger partial charge in [-0.15, -0.1) is 11.3 Å². The van der Waals surface area contributed by atoms with E-state index in [9.17, 15) is 9.90 Å². The van der Waals surface area contributed by atoms with Gasteiger partial charge in [0.2, 0.25) is 0 Å². The Balaban J connectivity index is 1.85. The van der Waals surface area contributed by atoms with Crippen LogP contribution < -0.4 is 0 Å². The monoisotopic (exact) mass is 369 g/mol. The molecule has 0 spiro atoms. The molecule has 0 radical (unpaired) electrons. The Kier molecular flexibility index (Phi) is 4.44. The van der Waals surface area contributed by atoms with Crippen molar-refractivity contribution in [3.63, 3.8) is 0 Å². The summed E-state index contributed by atoms with van der Waals surface area (Å²) in [5.41, 5.74) is 4.30. The van der Waals surface area contributed by atoms with E-state index in [1.807, 2.05) is 6.07 Å². The molecule has 1 aliphatic carbocycles. The van der Waals surface area contributed by atoms with E-state index >= 15 is 0 Å². The molecule has 4 rings (SSSR count). The number of thiophene rings is 1. The van der Waals surface area contributed by atoms with E-state index in [-0.39, 0.29) is 5.41 Å². The fourth-order valence-corrected chi connectivity index (χ4v) is 5.94. The molecule has 1 N–H and O–H groups in total. The third-order valence-corrected chi connectivity index (χ3v) is 7.35. The van der Waals surface area contributed by atoms with Crippen LogP contribution in [0, 0.1) is 5.41 Å². The highest BCUT2D eigenvalue weighted by molar-refractivity contribution is 7.16. The van der Waals surface area contributed by atoms with Crippen molar-refractivity contribution in [2.75, 3.05) is 20.1 Å². The summed E-state index contributed by atoms with van der Waals surface area (Å²) < 4.78 is 0. The normalized spacial score (nSPS) is 22.3. The number of hydrogen-bond donors (Lipinski definition) is 1. The second kappa shape index (κ2) is 6.50. The van der Waals surface area contributed by atoms with Gasteiger partial charge in [0.15, 0.2) is 0 Å². The maximum absolute atomic E-state index is 12.2. The van der Waals surface area contributed by atoms with E-state index in [1.54, 1.807) is 11.3 Å². The quantitative estimate of drug-likeness (QED) is 0.823. The van der Waals surface area contributed by atoms with Crippen LogP contribution in [-0.4, -0.2) is 36.1 Å². The molecular formula is C22H27NO2S. The molecule has 1 aromatic heterocycles. The highest BCUT2D eigenvalue weighted by Crippen LogP contribution is 2.47. The number of carboxylic acid groups (broad SMARTS) is 1. The second-order valence-corrected chi connectivity index (χ2v) is 9.79. The number of hydrogen-bond acceptors (Lipinski definition) is 3. The van der Waals surface area contributed by atoms with E-state index < -0.39 is 5.97 Å². The Bertz CT molecular complexity index is 852. The highest BCUT2D eigenvalue weighted by Gasteiger charge is 2.34. The van der Waals surface area contributed by atoms with Gasteiger partial charge in [-0.1, -0.05) is 38.1 Å². The fourth-order valence-electron chi connectivity index (χ4n) is 4.58. The van der Waals surface area contributed by atoms with Crippen molar-refractivity contribution in [1.82, 2.24) is 4.90 Å². The third kappa shape index (κ3) is 3.10. The molecular weight excluding hydrogens is 342 g/mol. The van der Waals surface area contributed by atoms with Gasteiger partial charge in [0.1, 0.15) is 0 Å². The van der Waals surface area contributed by atoms with Crippen LogP contribution >= 0.6 is 11.3 Å². The van der Waals surface area contributed by atoms with Gasteiger partial charge in [0.05, 0.1) is 5.56 Å². The third-order valence-electron chi connectivity index (χ3n) is 6.03. The molecule has 4 heteroatoms. The topological polar surface area (TPSA) is 40.5 Å². The van der Waals surface area contributed by atoms with Gasteiger partial charge >= 0.3 is 5.97 Å². The van der Waals surface area contributed by atoms with Gasteiger partial charge in [-0.05, 0) is 67.3 Å². The van der Waals surface area contributed by atoms with Gasteiger partial charge in [-0.3, -0.25) is 0 Å². The number of nitrogens with zero attached hydrogens (tertiary/aromatic N) is 1. The average molecular weight is 370 g/mol. The number of likely N-dealkylation sites (tertiary alicyclic amines) is 1. The van der Waals surface area contributed by atoms with Crippen LogP contribution in [0.25, 0.3) is 10.4 Å². The number of carbonyl (C=O) groups is 1. The van der Waals surface area contributed by atoms with Gasteiger partial charge in [0.25, 0.3) is 0 Å². The summed E-state index contributed by atoms with van der Waals surface area (Å²) in [4.78, 5) is 16.8. The summed E-state index contributed by atoms with van der Waals surface area (Å²) in [7, 11) is 2.16. The van der Waals surface area contributed by atoms with Crippen molar-refractivity contribution in [3.8, 4) is 10.4 Å². The second-order valence-electron chi connectivity index (χ2n) is 8.69. The lowest BCUT2D eigenvalue weighted by molar-refractivity contribution is 0.0696. The summed E-state index contributed by atoms with van der Waals surface area (Å²) in [5, 5.41) is 10.0. The number of fused-ring (bicyclic) bond motifs is 1. The first-order chi connectivity index (χ1) is 12.4. The predicted octanol–water partition coefficient (Wildman–Crippen LogP) is 5.05. The molecule has 1 aliphatic heterocycles. The lowest BCUT2D eigenvalue weighted by Crippen LogP contribution is -2.22. The number of aromatic carboxylic acids is 1. The minimum absolute atomic E-state index is 0.184. The zero-order valence-corrected chi connectivity index (χ0v) is 16.7. The highest BCUT2D eigenvalue weighted by atomic mass is 32.1. The first-order valence-electron chi connectivity index (χ1n) is 9.51. The maximum atomic E-state index is 12.2. The lowest BCUT2D eigenvalue weighted by atomic mass is 9.75. The summed E-state index contributed by atoms with van der Waals surface area (Å²) in [6, 6.07) is 8.47. The fraction of sp³-hybridized carbons (Fsp3) is 0.500. The Morgan fingerprint density at radius 2 is 2.08 bits per heavy atom. The van der Waals surface area contributed by atoms with Crippen LogP contribution in [-0.2, 0) is 12.8 Å². The van der Waals surface area contributed by atoms with Crippen molar-refractivity contribution < 1.29 is 9.90 Å². The summed E-state index contributed by atoms with van der Waals surface area (Å²) in [6.45, 7) is 6.67. The summed E-state index contributed by atoms with van der Waals surface area (Å²) in [5.74, 6) is -0.276. The molecule has 0 amide bonds. The first kappa shape index (κ1) is 17.7. The SMILES string of the molecule is CN1CC[C@@H](c2ccccc2-c2sc3c(c2C(=O)O)CC(C)(C)CC3)C1. The molecule has 2 aliphatic rings. The molecule has 3 nitrogen and oxygen atoms in total. The maximum Gasteiger partial charge on any atom is 0.337 e. The Hall–Kier alpha value is -1.65. The van der Waals surface area contributed by atoms with Crippen molar-refractivity contribution in [2.24, 2.45) is 5.41 Å². The molecule has 0 saturated carbocycles. The smallest absolute Gasteiger partial charge is 0.337 e. The van der Waals surface area contributed by atoms with E-state index in [1.165, 1.54) is 10.4 Å². The molecule has 26 heavy (non-hydrogen) atoms. The van der Waals surface area contributed by atoms with E-state index in [0.717, 1.165) is 54.8 Å². The average Bonchev–Trinajstić information content (AvgIpc) is 3.17. The van der Waals surface area contributed by atoms with Gasteiger partial charge in [-0.25, -0.2) is 4.79 Å². The molecule has 1 saturated heterocycles. The van der Waals surface area contributed by atoms with E-state index in [4.69, 9.17) is 0 Å². The molecule has 1 atom stereocenters. The van der Waals surface area contributed by atoms with Crippen LogP contribution in [0.1, 0.15) is 59.0 Å². The minimum Gasteiger partial charge on any atom is -0.478 e. The Morgan fingerprint density at radius 1 is 1.31 bits per heavy atom. The minimum atomic E-state index is -0.770. The van der Waals surface area contributed by atoms with Crippen LogP contribution in [0.4, 0.5) is 0 Å². The van der Waals surface area contributed by atoms with Crippen molar-refractivity contribution in [2.45, 2.75) is 45.4 Å². The molecule has 2 aromatic rings. The number of benzene rings is 1. The van der Waals surface area contributed by atoms with Crippen LogP contribution in [0.5, 0.6) is 0 Å². The molecule has 2 heterocycles. The van der Waals surface area contributed by atoms with Gasteiger partial charge in [0, 0.05) is 16.3 Å². The van der Waals surface area contributed by atoms with E-state index in [0.29, 0.717) is 11.5 Å². The number of carboxylic acids is 1. The van der Waals surface area contributed by atoms with Crippen molar-refractivity contribution in [1.29, 1.82) is 0 Å². The Morgan fingerprint density at radius 3 is 2.77 bits per heavy atom.